The van der Waals surface area contributed by atoms with E-state index in [9.17, 15) is 18.0 Å². The molecule has 0 unspecified atom stereocenters. The first-order valence-electron chi connectivity index (χ1n) is 13.2. The van der Waals surface area contributed by atoms with Crippen molar-refractivity contribution in [2.75, 3.05) is 25.0 Å². The molecule has 3 aromatic rings. The number of likely N-dealkylation sites (N-methyl/N-ethyl adjacent to an activating group) is 1. The van der Waals surface area contributed by atoms with Gasteiger partial charge in [-0.15, -0.1) is 11.3 Å². The van der Waals surface area contributed by atoms with Crippen molar-refractivity contribution in [1.29, 1.82) is 0 Å². The largest absolute Gasteiger partial charge is 0.462 e. The lowest BCUT2D eigenvalue weighted by Crippen LogP contribution is -2.36. The molecule has 4 rings (SSSR count). The van der Waals surface area contributed by atoms with E-state index in [4.69, 9.17) is 4.74 Å². The van der Waals surface area contributed by atoms with E-state index < -0.39 is 21.9 Å². The van der Waals surface area contributed by atoms with Gasteiger partial charge in [0.05, 0.1) is 17.1 Å². The number of carbonyl (C=O) groups excluding carboxylic acids is 2. The molecule has 2 heterocycles. The molecule has 0 radical (unpaired) electrons. The van der Waals surface area contributed by atoms with Gasteiger partial charge in [-0.1, -0.05) is 37.3 Å². The minimum atomic E-state index is -3.80. The van der Waals surface area contributed by atoms with Gasteiger partial charge in [0.25, 0.3) is 5.91 Å². The molecule has 0 atom stereocenters. The molecular formula is C29H35N3O5S2. The zero-order chi connectivity index (χ0) is 28.2. The number of ether oxygens (including phenoxy) is 1. The number of sulfonamides is 1. The Balaban J connectivity index is 1.56. The van der Waals surface area contributed by atoms with Gasteiger partial charge in [-0.25, -0.2) is 13.2 Å². The van der Waals surface area contributed by atoms with E-state index in [1.54, 1.807) is 6.92 Å². The number of rotatable bonds is 10. The molecule has 0 saturated heterocycles. The highest BCUT2D eigenvalue weighted by Crippen LogP contribution is 2.38. The van der Waals surface area contributed by atoms with Crippen molar-refractivity contribution in [2.45, 2.75) is 58.1 Å². The second-order valence-electron chi connectivity index (χ2n) is 9.66. The Labute approximate surface area is 234 Å². The van der Waals surface area contributed by atoms with Crippen LogP contribution in [0.1, 0.15) is 64.4 Å². The summed E-state index contributed by atoms with van der Waals surface area (Å²) in [6.07, 6.45) is 0.714. The first kappa shape index (κ1) is 28.9. The number of anilines is 1. The average Bonchev–Trinajstić information content (AvgIpc) is 3.29. The molecule has 1 amide bonds. The zero-order valence-corrected chi connectivity index (χ0v) is 24.4. The molecule has 0 saturated carbocycles. The zero-order valence-electron chi connectivity index (χ0n) is 22.8. The predicted octanol–water partition coefficient (Wildman–Crippen LogP) is 5.15. The number of fused-ring (bicyclic) bond motifs is 1. The number of hydrogen-bond donors (Lipinski definition) is 1. The minimum absolute atomic E-state index is 0.113. The van der Waals surface area contributed by atoms with Gasteiger partial charge in [0.2, 0.25) is 10.0 Å². The van der Waals surface area contributed by atoms with E-state index in [1.165, 1.54) is 39.9 Å². The fourth-order valence-corrected chi connectivity index (χ4v) is 7.53. The summed E-state index contributed by atoms with van der Waals surface area (Å²) in [6.45, 7) is 10.5. The second kappa shape index (κ2) is 12.4. The van der Waals surface area contributed by atoms with Crippen LogP contribution in [0.15, 0.2) is 59.5 Å². The van der Waals surface area contributed by atoms with Crippen LogP contribution in [-0.4, -0.2) is 55.2 Å². The number of benzene rings is 2. The molecule has 1 aliphatic rings. The highest BCUT2D eigenvalue weighted by molar-refractivity contribution is 7.89. The van der Waals surface area contributed by atoms with Crippen molar-refractivity contribution < 1.29 is 22.7 Å². The lowest BCUT2D eigenvalue weighted by molar-refractivity contribution is 0.0526. The van der Waals surface area contributed by atoms with Crippen LogP contribution < -0.4 is 5.32 Å². The third kappa shape index (κ3) is 6.41. The summed E-state index contributed by atoms with van der Waals surface area (Å²) >= 11 is 1.40. The van der Waals surface area contributed by atoms with Crippen molar-refractivity contribution in [3.8, 4) is 0 Å². The van der Waals surface area contributed by atoms with Crippen LogP contribution in [0, 0.1) is 0 Å². The topological polar surface area (TPSA) is 96.0 Å². The molecule has 8 nitrogen and oxygen atoms in total. The quantitative estimate of drug-likeness (QED) is 0.339. The van der Waals surface area contributed by atoms with Crippen molar-refractivity contribution in [3.63, 3.8) is 0 Å². The van der Waals surface area contributed by atoms with Gasteiger partial charge in [0.15, 0.2) is 0 Å². The average molecular weight is 570 g/mol. The molecule has 0 fully saturated rings. The summed E-state index contributed by atoms with van der Waals surface area (Å²) in [5.41, 5.74) is 2.55. The monoisotopic (exact) mass is 569 g/mol. The van der Waals surface area contributed by atoms with Crippen LogP contribution in [0.2, 0.25) is 0 Å². The lowest BCUT2D eigenvalue weighted by atomic mass is 10.0. The number of carbonyl (C=O) groups is 2. The number of esters is 1. The predicted molar refractivity (Wildman–Crippen MR) is 154 cm³/mol. The van der Waals surface area contributed by atoms with Gasteiger partial charge < -0.3 is 10.1 Å². The minimum Gasteiger partial charge on any atom is -0.462 e. The third-order valence-corrected chi connectivity index (χ3v) is 9.94. The SMILES string of the molecule is CCOC(=O)c1c(NC(=O)c2ccc(S(=O)(=O)N(Cc3ccccc3)C(C)C)cc2)sc2c1CCN(CC)C2. The number of nitrogens with zero attached hydrogens (tertiary/aromatic N) is 2. The standard InChI is InChI=1S/C29H35N3O5S2/c1-5-31-17-16-24-25(19-31)38-28(26(24)29(34)37-6-2)30-27(33)22-12-14-23(15-13-22)39(35,36)32(20(3)4)18-21-10-8-7-9-11-21/h7-15,20H,5-6,16-19H2,1-4H3,(H,30,33). The van der Waals surface area contributed by atoms with Crippen LogP contribution >= 0.6 is 11.3 Å². The van der Waals surface area contributed by atoms with E-state index in [0.717, 1.165) is 35.6 Å². The van der Waals surface area contributed by atoms with Crippen molar-refractivity contribution in [2.24, 2.45) is 0 Å². The first-order chi connectivity index (χ1) is 18.6. The fraction of sp³-hybridized carbons (Fsp3) is 0.379. The van der Waals surface area contributed by atoms with Crippen LogP contribution in [0.25, 0.3) is 0 Å². The van der Waals surface area contributed by atoms with Crippen molar-refractivity contribution in [3.05, 3.63) is 81.7 Å². The molecular weight excluding hydrogens is 534 g/mol. The highest BCUT2D eigenvalue weighted by Gasteiger charge is 2.30. The molecule has 10 heteroatoms. The molecule has 1 N–H and O–H groups in total. The van der Waals surface area contributed by atoms with Crippen LogP contribution in [0.5, 0.6) is 0 Å². The molecule has 208 valence electrons. The smallest absolute Gasteiger partial charge is 0.341 e. The third-order valence-electron chi connectivity index (χ3n) is 6.77. The van der Waals surface area contributed by atoms with Gasteiger partial charge in [-0.3, -0.25) is 9.69 Å². The summed E-state index contributed by atoms with van der Waals surface area (Å²) in [6, 6.07) is 15.1. The van der Waals surface area contributed by atoms with Crippen LogP contribution in [0.4, 0.5) is 5.00 Å². The van der Waals surface area contributed by atoms with Crippen LogP contribution in [0.3, 0.4) is 0 Å². The summed E-state index contributed by atoms with van der Waals surface area (Å²) < 4.78 is 33.7. The maximum absolute atomic E-state index is 13.5. The number of hydrogen-bond acceptors (Lipinski definition) is 7. The second-order valence-corrected chi connectivity index (χ2v) is 12.7. The maximum atomic E-state index is 13.5. The Hall–Kier alpha value is -3.05. The van der Waals surface area contributed by atoms with E-state index >= 15 is 0 Å². The number of nitrogens with one attached hydrogen (secondary N) is 1. The molecule has 0 aliphatic carbocycles. The van der Waals surface area contributed by atoms with Gasteiger partial charge in [0, 0.05) is 36.1 Å². The Morgan fingerprint density at radius 1 is 1.08 bits per heavy atom. The molecule has 1 aromatic heterocycles. The molecule has 0 spiro atoms. The van der Waals surface area contributed by atoms with Gasteiger partial charge in [0.1, 0.15) is 5.00 Å². The Kier molecular flexibility index (Phi) is 9.22. The fourth-order valence-electron chi connectivity index (χ4n) is 4.63. The summed E-state index contributed by atoms with van der Waals surface area (Å²) in [7, 11) is -3.80. The maximum Gasteiger partial charge on any atom is 0.341 e. The molecule has 2 aromatic carbocycles. The van der Waals surface area contributed by atoms with Gasteiger partial charge >= 0.3 is 5.97 Å². The summed E-state index contributed by atoms with van der Waals surface area (Å²) in [5, 5.41) is 3.35. The first-order valence-corrected chi connectivity index (χ1v) is 15.4. The van der Waals surface area contributed by atoms with E-state index in [-0.39, 0.29) is 24.1 Å². The normalized spacial score (nSPS) is 13.9. The molecule has 39 heavy (non-hydrogen) atoms. The summed E-state index contributed by atoms with van der Waals surface area (Å²) in [5.74, 6) is -0.857. The van der Waals surface area contributed by atoms with E-state index in [2.05, 4.69) is 17.1 Å². The van der Waals surface area contributed by atoms with E-state index in [1.807, 2.05) is 44.2 Å². The number of amides is 1. The lowest BCUT2D eigenvalue weighted by Gasteiger charge is -2.26. The van der Waals surface area contributed by atoms with E-state index in [0.29, 0.717) is 22.5 Å². The van der Waals surface area contributed by atoms with Crippen molar-refractivity contribution in [1.82, 2.24) is 9.21 Å². The highest BCUT2D eigenvalue weighted by atomic mass is 32.2. The Morgan fingerprint density at radius 2 is 1.77 bits per heavy atom. The summed E-state index contributed by atoms with van der Waals surface area (Å²) in [4.78, 5) is 29.5. The Morgan fingerprint density at radius 3 is 2.38 bits per heavy atom. The molecule has 1 aliphatic heterocycles. The Bertz CT molecular complexity index is 1420. The van der Waals surface area contributed by atoms with Gasteiger partial charge in [-0.05, 0) is 69.1 Å². The molecule has 0 bridgehead atoms. The van der Waals surface area contributed by atoms with Gasteiger partial charge in [-0.2, -0.15) is 4.31 Å². The van der Waals surface area contributed by atoms with Crippen LogP contribution in [-0.2, 0) is 34.3 Å². The number of thiophene rings is 1. The van der Waals surface area contributed by atoms with Crippen molar-refractivity contribution >= 4 is 38.2 Å².